The quantitative estimate of drug-likeness (QED) is 0.582. The number of rotatable bonds is 6. The van der Waals surface area contributed by atoms with E-state index in [0.717, 1.165) is 19.6 Å². The molecule has 1 saturated heterocycles. The molecule has 1 heterocycles. The van der Waals surface area contributed by atoms with E-state index in [1.54, 1.807) is 0 Å². The highest BCUT2D eigenvalue weighted by molar-refractivity contribution is 7.89. The van der Waals surface area contributed by atoms with Crippen LogP contribution in [-0.4, -0.2) is 37.4 Å². The van der Waals surface area contributed by atoms with Crippen LogP contribution in [0, 0.1) is 10.1 Å². The smallest absolute Gasteiger partial charge is 0.289 e. The molecule has 0 atom stereocenters. The molecule has 1 N–H and O–H groups in total. The maximum atomic E-state index is 12.6. The van der Waals surface area contributed by atoms with E-state index in [1.165, 1.54) is 29.8 Å². The second-order valence-corrected chi connectivity index (χ2v) is 8.06. The molecular weight excluding hydrogens is 390 g/mol. The van der Waals surface area contributed by atoms with Gasteiger partial charge in [-0.25, -0.2) is 13.1 Å². The van der Waals surface area contributed by atoms with E-state index in [0.29, 0.717) is 12.8 Å². The molecule has 0 spiro atoms. The lowest BCUT2D eigenvalue weighted by Crippen LogP contribution is -2.44. The van der Waals surface area contributed by atoms with Gasteiger partial charge in [-0.1, -0.05) is 42.5 Å². The highest BCUT2D eigenvalue weighted by Crippen LogP contribution is 2.24. The Labute approximate surface area is 165 Å². The van der Waals surface area contributed by atoms with Crippen molar-refractivity contribution in [1.29, 1.82) is 0 Å². The van der Waals surface area contributed by atoms with Crippen molar-refractivity contribution in [2.24, 2.45) is 0 Å². The van der Waals surface area contributed by atoms with Gasteiger partial charge in [0, 0.05) is 31.7 Å². The number of nitro groups is 1. The van der Waals surface area contributed by atoms with Crippen LogP contribution in [0.15, 0.2) is 59.5 Å². The van der Waals surface area contributed by atoms with Crippen molar-refractivity contribution in [3.05, 3.63) is 70.3 Å². The molecule has 146 valence electrons. The monoisotopic (exact) mass is 411 g/mol. The van der Waals surface area contributed by atoms with Gasteiger partial charge >= 0.3 is 0 Å². The van der Waals surface area contributed by atoms with Gasteiger partial charge in [0.15, 0.2) is 4.90 Å². The van der Waals surface area contributed by atoms with E-state index in [2.05, 4.69) is 21.8 Å². The highest BCUT2D eigenvalue weighted by atomic mass is 35.5. The Morgan fingerprint density at radius 2 is 1.63 bits per heavy atom. The van der Waals surface area contributed by atoms with E-state index < -0.39 is 20.6 Å². The first kappa shape index (κ1) is 21.3. The van der Waals surface area contributed by atoms with Crippen molar-refractivity contribution in [3.8, 4) is 0 Å². The lowest BCUT2D eigenvalue weighted by atomic mass is 10.1. The molecular formula is C18H22ClN3O4S. The Morgan fingerprint density at radius 1 is 1.04 bits per heavy atom. The number of halogens is 1. The number of hydrogen-bond acceptors (Lipinski definition) is 5. The lowest BCUT2D eigenvalue weighted by molar-refractivity contribution is -0.387. The fourth-order valence-electron chi connectivity index (χ4n) is 3.17. The minimum absolute atomic E-state index is 0. The van der Waals surface area contributed by atoms with E-state index in [4.69, 9.17) is 0 Å². The van der Waals surface area contributed by atoms with E-state index in [1.807, 2.05) is 18.2 Å². The normalized spacial score (nSPS) is 15.9. The highest BCUT2D eigenvalue weighted by Gasteiger charge is 2.29. The van der Waals surface area contributed by atoms with Gasteiger partial charge in [0.1, 0.15) is 0 Å². The van der Waals surface area contributed by atoms with Crippen LogP contribution in [0.4, 0.5) is 5.69 Å². The third-order valence-corrected chi connectivity index (χ3v) is 6.08. The molecule has 2 aromatic carbocycles. The molecule has 27 heavy (non-hydrogen) atoms. The number of para-hydroxylation sites is 1. The van der Waals surface area contributed by atoms with Crippen LogP contribution in [0.5, 0.6) is 0 Å². The van der Waals surface area contributed by atoms with Crippen LogP contribution in [0.2, 0.25) is 0 Å². The molecule has 0 amide bonds. The maximum absolute atomic E-state index is 12.6. The summed E-state index contributed by atoms with van der Waals surface area (Å²) in [6, 6.07) is 15.3. The molecule has 1 fully saturated rings. The number of nitrogens with one attached hydrogen (secondary N) is 1. The molecule has 7 nitrogen and oxygen atoms in total. The maximum Gasteiger partial charge on any atom is 0.289 e. The van der Waals surface area contributed by atoms with Crippen molar-refractivity contribution < 1.29 is 13.3 Å². The van der Waals surface area contributed by atoms with Gasteiger partial charge in [-0.15, -0.1) is 12.4 Å². The van der Waals surface area contributed by atoms with Gasteiger partial charge in [-0.05, 0) is 24.5 Å². The molecule has 1 aliphatic heterocycles. The Kier molecular flexibility index (Phi) is 7.32. The zero-order valence-corrected chi connectivity index (χ0v) is 16.3. The topological polar surface area (TPSA) is 92.5 Å². The van der Waals surface area contributed by atoms with Gasteiger partial charge in [-0.2, -0.15) is 0 Å². The minimum Gasteiger partial charge on any atom is -0.299 e. The first-order valence-corrected chi connectivity index (χ1v) is 9.96. The third-order valence-electron chi connectivity index (χ3n) is 4.51. The summed E-state index contributed by atoms with van der Waals surface area (Å²) < 4.78 is 27.8. The molecule has 0 saturated carbocycles. The number of sulfonamides is 1. The second kappa shape index (κ2) is 9.27. The number of piperidine rings is 1. The van der Waals surface area contributed by atoms with Gasteiger partial charge in [0.05, 0.1) is 4.92 Å². The molecule has 0 aliphatic carbocycles. The van der Waals surface area contributed by atoms with Crippen LogP contribution >= 0.6 is 12.4 Å². The van der Waals surface area contributed by atoms with Gasteiger partial charge in [-0.3, -0.25) is 15.0 Å². The number of likely N-dealkylation sites (tertiary alicyclic amines) is 1. The summed E-state index contributed by atoms with van der Waals surface area (Å²) in [5, 5.41) is 11.1. The first-order valence-electron chi connectivity index (χ1n) is 8.48. The zero-order valence-electron chi connectivity index (χ0n) is 14.7. The van der Waals surface area contributed by atoms with Crippen LogP contribution in [0.25, 0.3) is 0 Å². The Morgan fingerprint density at radius 3 is 2.26 bits per heavy atom. The number of hydrogen-bond donors (Lipinski definition) is 1. The van der Waals surface area contributed by atoms with Crippen LogP contribution < -0.4 is 4.72 Å². The molecule has 2 aromatic rings. The van der Waals surface area contributed by atoms with E-state index >= 15 is 0 Å². The number of benzene rings is 2. The Balaban J connectivity index is 0.00000261. The molecule has 1 aliphatic rings. The van der Waals surface area contributed by atoms with Crippen molar-refractivity contribution in [3.63, 3.8) is 0 Å². The summed E-state index contributed by atoms with van der Waals surface area (Å²) in [5.41, 5.74) is 0.827. The van der Waals surface area contributed by atoms with Crippen LogP contribution in [0.3, 0.4) is 0 Å². The van der Waals surface area contributed by atoms with Crippen molar-refractivity contribution in [2.45, 2.75) is 30.3 Å². The van der Waals surface area contributed by atoms with Crippen molar-refractivity contribution >= 4 is 28.1 Å². The standard InChI is InChI=1S/C18H21N3O4S.ClH/c22-21(23)17-8-4-5-9-18(17)26(24,25)19-16-10-12-20(13-11-16)14-15-6-2-1-3-7-15;/h1-9,16,19H,10-14H2;1H. The lowest BCUT2D eigenvalue weighted by Gasteiger charge is -2.32. The van der Waals surface area contributed by atoms with Crippen molar-refractivity contribution in [1.82, 2.24) is 9.62 Å². The summed E-state index contributed by atoms with van der Waals surface area (Å²) >= 11 is 0. The molecule has 0 bridgehead atoms. The molecule has 0 radical (unpaired) electrons. The SMILES string of the molecule is Cl.O=[N+]([O-])c1ccccc1S(=O)(=O)NC1CCN(Cc2ccccc2)CC1. The summed E-state index contributed by atoms with van der Waals surface area (Å²) in [6.07, 6.45) is 1.35. The average Bonchev–Trinajstić information content (AvgIpc) is 2.64. The van der Waals surface area contributed by atoms with E-state index in [-0.39, 0.29) is 23.3 Å². The summed E-state index contributed by atoms with van der Waals surface area (Å²) in [7, 11) is -3.92. The molecule has 9 heteroatoms. The second-order valence-electron chi connectivity index (χ2n) is 6.38. The minimum atomic E-state index is -3.92. The molecule has 0 aromatic heterocycles. The average molecular weight is 412 g/mol. The Bertz CT molecular complexity index is 869. The third kappa shape index (κ3) is 5.49. The predicted molar refractivity (Wildman–Crippen MR) is 105 cm³/mol. The summed E-state index contributed by atoms with van der Waals surface area (Å²) in [4.78, 5) is 12.4. The number of nitrogens with zero attached hydrogens (tertiary/aromatic N) is 2. The summed E-state index contributed by atoms with van der Waals surface area (Å²) in [5.74, 6) is 0. The summed E-state index contributed by atoms with van der Waals surface area (Å²) in [6.45, 7) is 2.39. The fraction of sp³-hybridized carbons (Fsp3) is 0.333. The van der Waals surface area contributed by atoms with Gasteiger partial charge < -0.3 is 0 Å². The largest absolute Gasteiger partial charge is 0.299 e. The molecule has 3 rings (SSSR count). The molecule has 0 unspecified atom stereocenters. The van der Waals surface area contributed by atoms with E-state index in [9.17, 15) is 18.5 Å². The first-order chi connectivity index (χ1) is 12.5. The Hall–Kier alpha value is -2.00. The van der Waals surface area contributed by atoms with Crippen LogP contribution in [0.1, 0.15) is 18.4 Å². The number of nitro benzene ring substituents is 1. The van der Waals surface area contributed by atoms with Gasteiger partial charge in [0.25, 0.3) is 5.69 Å². The van der Waals surface area contributed by atoms with Crippen LogP contribution in [-0.2, 0) is 16.6 Å². The fourth-order valence-corrected chi connectivity index (χ4v) is 4.65. The van der Waals surface area contributed by atoms with Gasteiger partial charge in [0.2, 0.25) is 10.0 Å². The predicted octanol–water partition coefficient (Wildman–Crippen LogP) is 2.96. The van der Waals surface area contributed by atoms with Crippen molar-refractivity contribution in [2.75, 3.05) is 13.1 Å². The zero-order chi connectivity index (χ0) is 18.6.